The first-order chi connectivity index (χ1) is 17.8. The zero-order chi connectivity index (χ0) is 24.1. The number of morpholine rings is 1. The minimum Gasteiger partial charge on any atom is -0.378 e. The lowest BCUT2D eigenvalue weighted by Crippen LogP contribution is -2.39. The van der Waals surface area contributed by atoms with Gasteiger partial charge in [-0.1, -0.05) is 36.8 Å². The third kappa shape index (κ3) is 3.83. The molecule has 0 spiro atoms. The smallest absolute Gasteiger partial charge is 0.271 e. The quantitative estimate of drug-likeness (QED) is 0.421. The molecule has 0 atom stereocenters. The highest BCUT2D eigenvalue weighted by molar-refractivity contribution is 7.25. The molecule has 7 nitrogen and oxygen atoms in total. The highest BCUT2D eigenvalue weighted by Crippen LogP contribution is 2.40. The van der Waals surface area contributed by atoms with E-state index in [1.54, 1.807) is 11.3 Å². The van der Waals surface area contributed by atoms with Gasteiger partial charge in [-0.05, 0) is 30.4 Å². The molecular weight excluding hydrogens is 470 g/mol. The van der Waals surface area contributed by atoms with Crippen molar-refractivity contribution in [3.63, 3.8) is 0 Å². The van der Waals surface area contributed by atoms with Crippen LogP contribution in [0.1, 0.15) is 41.8 Å². The number of fused-ring (bicyclic) bond motifs is 6. The Morgan fingerprint density at radius 3 is 2.64 bits per heavy atom. The number of hydrogen-bond donors (Lipinski definition) is 0. The molecule has 0 amide bonds. The number of rotatable bonds is 3. The summed E-state index contributed by atoms with van der Waals surface area (Å²) in [4.78, 5) is 29.8. The number of thiophene rings is 1. The average Bonchev–Trinajstić information content (AvgIpc) is 3.12. The number of aromatic nitrogens is 3. The minimum absolute atomic E-state index is 0.128. The molecule has 0 unspecified atom stereocenters. The lowest BCUT2D eigenvalue weighted by molar-refractivity contribution is 0.122. The maximum absolute atomic E-state index is 13.6. The standard InChI is InChI=1S/C28H31N5O2S/c34-28-25-24(29-22-9-5-2-6-11-33(22)28)23-20-10-12-31(17-19-7-3-1-4-8-19)18-21(20)26(30-27(23)36-25)32-13-15-35-16-14-32/h1,3-4,7-8H,2,5-6,9-18H2. The first-order valence-electron chi connectivity index (χ1n) is 13.2. The van der Waals surface area contributed by atoms with E-state index in [0.29, 0.717) is 0 Å². The van der Waals surface area contributed by atoms with Gasteiger partial charge in [-0.15, -0.1) is 11.3 Å². The van der Waals surface area contributed by atoms with E-state index < -0.39 is 0 Å². The first-order valence-corrected chi connectivity index (χ1v) is 14.0. The largest absolute Gasteiger partial charge is 0.378 e. The van der Waals surface area contributed by atoms with Crippen LogP contribution < -0.4 is 10.5 Å². The molecular formula is C28H31N5O2S. The summed E-state index contributed by atoms with van der Waals surface area (Å²) in [5, 5.41) is 1.13. The van der Waals surface area contributed by atoms with Crippen molar-refractivity contribution in [1.82, 2.24) is 19.4 Å². The Hall–Kier alpha value is -2.81. The van der Waals surface area contributed by atoms with Gasteiger partial charge in [-0.25, -0.2) is 9.97 Å². The maximum Gasteiger partial charge on any atom is 0.271 e. The summed E-state index contributed by atoms with van der Waals surface area (Å²) in [7, 11) is 0. The van der Waals surface area contributed by atoms with E-state index in [2.05, 4.69) is 40.1 Å². The van der Waals surface area contributed by atoms with E-state index in [-0.39, 0.29) is 5.56 Å². The summed E-state index contributed by atoms with van der Waals surface area (Å²) in [6.07, 6.45) is 5.15. The van der Waals surface area contributed by atoms with Gasteiger partial charge in [0.25, 0.3) is 5.56 Å². The van der Waals surface area contributed by atoms with Gasteiger partial charge in [0.05, 0.1) is 18.7 Å². The van der Waals surface area contributed by atoms with Crippen molar-refractivity contribution in [1.29, 1.82) is 0 Å². The third-order valence-electron chi connectivity index (χ3n) is 7.90. The van der Waals surface area contributed by atoms with Crippen LogP contribution in [-0.4, -0.2) is 52.3 Å². The fourth-order valence-corrected chi connectivity index (χ4v) is 7.16. The van der Waals surface area contributed by atoms with Gasteiger partial charge in [0.15, 0.2) is 0 Å². The lowest BCUT2D eigenvalue weighted by atomic mass is 9.96. The molecule has 0 N–H and O–H groups in total. The lowest BCUT2D eigenvalue weighted by Gasteiger charge is -2.35. The Labute approximate surface area is 214 Å². The summed E-state index contributed by atoms with van der Waals surface area (Å²) in [5.41, 5.74) is 5.01. The normalized spacial score (nSPS) is 18.8. The predicted octanol–water partition coefficient (Wildman–Crippen LogP) is 4.13. The second-order valence-electron chi connectivity index (χ2n) is 10.2. The van der Waals surface area contributed by atoms with E-state index >= 15 is 0 Å². The van der Waals surface area contributed by atoms with Crippen LogP contribution in [0.25, 0.3) is 20.4 Å². The Morgan fingerprint density at radius 2 is 1.78 bits per heavy atom. The summed E-state index contributed by atoms with van der Waals surface area (Å²) < 4.78 is 8.36. The van der Waals surface area contributed by atoms with E-state index in [1.807, 2.05) is 4.57 Å². The van der Waals surface area contributed by atoms with E-state index in [4.69, 9.17) is 14.7 Å². The molecule has 3 aliphatic rings. The topological polar surface area (TPSA) is 63.5 Å². The summed E-state index contributed by atoms with van der Waals surface area (Å²) in [6, 6.07) is 10.7. The molecule has 0 aliphatic carbocycles. The average molecular weight is 502 g/mol. The predicted molar refractivity (Wildman–Crippen MR) is 144 cm³/mol. The number of hydrogen-bond acceptors (Lipinski definition) is 7. The van der Waals surface area contributed by atoms with Crippen LogP contribution >= 0.6 is 11.3 Å². The molecule has 0 radical (unpaired) electrons. The van der Waals surface area contributed by atoms with Crippen LogP contribution in [0, 0.1) is 0 Å². The molecule has 3 aliphatic heterocycles. The zero-order valence-electron chi connectivity index (χ0n) is 20.5. The highest BCUT2D eigenvalue weighted by atomic mass is 32.1. The first kappa shape index (κ1) is 22.4. The van der Waals surface area contributed by atoms with Gasteiger partial charge in [0, 0.05) is 56.6 Å². The minimum atomic E-state index is 0.128. The van der Waals surface area contributed by atoms with Crippen molar-refractivity contribution in [3.8, 4) is 0 Å². The molecule has 1 saturated heterocycles. The SMILES string of the molecule is O=c1c2sc3nc(N4CCOCC4)c4c(c3c2nc2n1CCCCC2)CCN(Cc1ccccc1)C4. The molecule has 3 aromatic heterocycles. The maximum atomic E-state index is 13.6. The van der Waals surface area contributed by atoms with Crippen molar-refractivity contribution in [2.24, 2.45) is 0 Å². The number of pyridine rings is 1. The summed E-state index contributed by atoms with van der Waals surface area (Å²) in [6.45, 7) is 6.72. The molecule has 36 heavy (non-hydrogen) atoms. The van der Waals surface area contributed by atoms with Crippen molar-refractivity contribution in [2.45, 2.75) is 51.7 Å². The molecule has 1 aromatic carbocycles. The second kappa shape index (κ2) is 9.25. The summed E-state index contributed by atoms with van der Waals surface area (Å²) in [5.74, 6) is 2.03. The number of ether oxygens (including phenoxy) is 1. The van der Waals surface area contributed by atoms with Crippen molar-refractivity contribution < 1.29 is 4.74 Å². The van der Waals surface area contributed by atoms with E-state index in [1.165, 1.54) is 16.7 Å². The molecule has 0 saturated carbocycles. The van der Waals surface area contributed by atoms with Gasteiger partial charge in [-0.3, -0.25) is 14.3 Å². The van der Waals surface area contributed by atoms with Crippen molar-refractivity contribution in [2.75, 3.05) is 37.7 Å². The molecule has 1 fully saturated rings. The van der Waals surface area contributed by atoms with E-state index in [9.17, 15) is 4.79 Å². The molecule has 8 heteroatoms. The number of aryl methyl sites for hydroxylation is 1. The second-order valence-corrected chi connectivity index (χ2v) is 11.2. The molecule has 6 heterocycles. The monoisotopic (exact) mass is 501 g/mol. The Bertz CT molecular complexity index is 1490. The van der Waals surface area contributed by atoms with Crippen molar-refractivity contribution in [3.05, 3.63) is 63.2 Å². The van der Waals surface area contributed by atoms with Gasteiger partial charge in [0.1, 0.15) is 21.2 Å². The molecule has 7 rings (SSSR count). The van der Waals surface area contributed by atoms with Crippen LogP contribution in [0.4, 0.5) is 5.82 Å². The van der Waals surface area contributed by atoms with Crippen LogP contribution in [0.3, 0.4) is 0 Å². The summed E-state index contributed by atoms with van der Waals surface area (Å²) >= 11 is 1.54. The Kier molecular flexibility index (Phi) is 5.75. The highest BCUT2D eigenvalue weighted by Gasteiger charge is 2.29. The molecule has 0 bridgehead atoms. The molecule has 4 aromatic rings. The number of anilines is 1. The van der Waals surface area contributed by atoms with Crippen molar-refractivity contribution >= 4 is 37.6 Å². The third-order valence-corrected chi connectivity index (χ3v) is 8.96. The van der Waals surface area contributed by atoms with Gasteiger partial charge >= 0.3 is 0 Å². The Balaban J connectivity index is 1.40. The van der Waals surface area contributed by atoms with Gasteiger partial charge in [0.2, 0.25) is 0 Å². The van der Waals surface area contributed by atoms with Gasteiger partial charge in [-0.2, -0.15) is 0 Å². The van der Waals surface area contributed by atoms with Crippen LogP contribution in [0.15, 0.2) is 35.1 Å². The number of nitrogens with zero attached hydrogens (tertiary/aromatic N) is 5. The molecule has 186 valence electrons. The fourth-order valence-electron chi connectivity index (χ4n) is 6.07. The van der Waals surface area contributed by atoms with E-state index in [0.717, 1.165) is 117 Å². The number of benzene rings is 1. The van der Waals surface area contributed by atoms with Gasteiger partial charge < -0.3 is 9.64 Å². The Morgan fingerprint density at radius 1 is 0.917 bits per heavy atom. The van der Waals surface area contributed by atoms with Crippen LogP contribution in [-0.2, 0) is 37.2 Å². The van der Waals surface area contributed by atoms with Crippen LogP contribution in [0.2, 0.25) is 0 Å². The fraction of sp³-hybridized carbons (Fsp3) is 0.464. The van der Waals surface area contributed by atoms with Crippen LogP contribution in [0.5, 0.6) is 0 Å². The zero-order valence-corrected chi connectivity index (χ0v) is 21.4.